The van der Waals surface area contributed by atoms with Crippen LogP contribution >= 0.6 is 0 Å². The molecule has 1 saturated heterocycles. The van der Waals surface area contributed by atoms with E-state index in [1.807, 2.05) is 0 Å². The normalized spacial score (nSPS) is 16.3. The van der Waals surface area contributed by atoms with Gasteiger partial charge in [0.2, 0.25) is 10.4 Å². The first-order valence-electron chi connectivity index (χ1n) is 12.4. The van der Waals surface area contributed by atoms with Crippen LogP contribution in [-0.2, 0) is 19.3 Å². The lowest BCUT2D eigenvalue weighted by Gasteiger charge is -2.37. The molecule has 0 aliphatic carbocycles. The topological polar surface area (TPSA) is 75.7 Å². The molecule has 1 aliphatic heterocycles. The summed E-state index contributed by atoms with van der Waals surface area (Å²) in [4.78, 5) is 0. The Morgan fingerprint density at radius 2 is 1.26 bits per heavy atom. The molecule has 0 radical (unpaired) electrons. The molecule has 0 unspecified atom stereocenters. The van der Waals surface area contributed by atoms with E-state index in [-0.39, 0.29) is 0 Å². The van der Waals surface area contributed by atoms with Crippen molar-refractivity contribution in [3.8, 4) is 0 Å². The second-order valence-electron chi connectivity index (χ2n) is 8.92. The van der Waals surface area contributed by atoms with Gasteiger partial charge in [-0.05, 0) is 38.5 Å². The van der Waals surface area contributed by atoms with Gasteiger partial charge in [0.05, 0.1) is 33.9 Å². The van der Waals surface area contributed by atoms with Gasteiger partial charge < -0.3 is 13.8 Å². The standard InChI is InChI=1S/C23H46NO.CH4O4S/c1-3-4-5-6-7-8-9-10-11-12-13-14-15-16-17-18-19-24(2)20-22-25-23-21-24;1-5-6(2,3)4/h10-11H,3-9,12-23H2,1-2H3;1H3,(H,2,3,4)/q+1;/p-1/b11-10-;. The Labute approximate surface area is 192 Å². The van der Waals surface area contributed by atoms with Crippen molar-refractivity contribution in [2.75, 3.05) is 47.0 Å². The monoisotopic (exact) mass is 463 g/mol. The van der Waals surface area contributed by atoms with Crippen LogP contribution in [0.5, 0.6) is 0 Å². The molecule has 1 rings (SSSR count). The molecule has 0 aromatic rings. The first kappa shape index (κ1) is 30.5. The molecule has 186 valence electrons. The number of nitrogens with zero attached hydrogens (tertiary/aromatic N) is 1. The second-order valence-corrected chi connectivity index (χ2v) is 10.1. The van der Waals surface area contributed by atoms with E-state index < -0.39 is 10.4 Å². The zero-order valence-corrected chi connectivity index (χ0v) is 21.3. The number of ether oxygens (including phenoxy) is 1. The van der Waals surface area contributed by atoms with E-state index in [2.05, 4.69) is 30.3 Å². The Morgan fingerprint density at radius 3 is 1.71 bits per heavy atom. The molecule has 0 bridgehead atoms. The number of unbranched alkanes of at least 4 members (excludes halogenated alkanes) is 12. The van der Waals surface area contributed by atoms with Gasteiger partial charge in [-0.3, -0.25) is 4.18 Å². The largest absolute Gasteiger partial charge is 0.726 e. The summed E-state index contributed by atoms with van der Waals surface area (Å²) in [5.41, 5.74) is 0. The fourth-order valence-electron chi connectivity index (χ4n) is 3.75. The maximum atomic E-state index is 9.22. The number of morpholine rings is 1. The molecule has 0 amide bonds. The van der Waals surface area contributed by atoms with E-state index >= 15 is 0 Å². The number of rotatable bonds is 17. The molecular formula is C24H49NO5S. The van der Waals surface area contributed by atoms with E-state index in [0.29, 0.717) is 0 Å². The Balaban J connectivity index is 0.00000131. The van der Waals surface area contributed by atoms with Crippen LogP contribution in [0.25, 0.3) is 0 Å². The van der Waals surface area contributed by atoms with Crippen LogP contribution in [0, 0.1) is 0 Å². The Kier molecular flexibility index (Phi) is 19.9. The molecule has 1 aliphatic rings. The fourth-order valence-corrected chi connectivity index (χ4v) is 3.75. The highest BCUT2D eigenvalue weighted by Gasteiger charge is 2.24. The van der Waals surface area contributed by atoms with Gasteiger partial charge in [0.15, 0.2) is 0 Å². The zero-order valence-electron chi connectivity index (χ0n) is 20.5. The highest BCUT2D eigenvalue weighted by molar-refractivity contribution is 7.80. The lowest BCUT2D eigenvalue weighted by molar-refractivity contribution is -0.917. The molecule has 0 saturated carbocycles. The quantitative estimate of drug-likeness (QED) is 0.0923. The van der Waals surface area contributed by atoms with Crippen molar-refractivity contribution in [3.63, 3.8) is 0 Å². The maximum Gasteiger partial charge on any atom is 0.217 e. The van der Waals surface area contributed by atoms with Crippen LogP contribution < -0.4 is 0 Å². The van der Waals surface area contributed by atoms with Crippen LogP contribution in [0.15, 0.2) is 12.2 Å². The summed E-state index contributed by atoms with van der Waals surface area (Å²) in [7, 11) is -1.20. The molecule has 7 heteroatoms. The van der Waals surface area contributed by atoms with Gasteiger partial charge in [0.25, 0.3) is 0 Å². The van der Waals surface area contributed by atoms with Gasteiger partial charge in [-0.1, -0.05) is 70.4 Å². The first-order valence-corrected chi connectivity index (χ1v) is 13.7. The number of likely N-dealkylation sites (N-methyl/N-ethyl adjacent to an activating group) is 1. The smallest absolute Gasteiger partial charge is 0.217 e. The van der Waals surface area contributed by atoms with E-state index in [1.54, 1.807) is 0 Å². The minimum absolute atomic E-state index is 0.808. The Bertz CT molecular complexity index is 516. The van der Waals surface area contributed by atoms with Gasteiger partial charge in [0.1, 0.15) is 13.1 Å². The molecule has 1 fully saturated rings. The molecule has 0 spiro atoms. The SMILES string of the molecule is CCCCCCCC/C=C\CCCCCCCC[N+]1(C)CCOCC1.COS(=O)(=O)[O-]. The lowest BCUT2D eigenvalue weighted by Crippen LogP contribution is -2.52. The third kappa shape index (κ3) is 22.5. The van der Waals surface area contributed by atoms with E-state index in [1.165, 1.54) is 114 Å². The molecule has 0 atom stereocenters. The number of hydrogen-bond acceptors (Lipinski definition) is 5. The second kappa shape index (κ2) is 20.2. The van der Waals surface area contributed by atoms with Crippen molar-refractivity contribution in [2.45, 2.75) is 96.8 Å². The van der Waals surface area contributed by atoms with Crippen molar-refractivity contribution in [3.05, 3.63) is 12.2 Å². The van der Waals surface area contributed by atoms with Crippen LogP contribution in [0.2, 0.25) is 0 Å². The van der Waals surface area contributed by atoms with Gasteiger partial charge in [-0.2, -0.15) is 0 Å². The predicted molar refractivity (Wildman–Crippen MR) is 128 cm³/mol. The lowest BCUT2D eigenvalue weighted by atomic mass is 10.1. The van der Waals surface area contributed by atoms with Gasteiger partial charge >= 0.3 is 0 Å². The summed E-state index contributed by atoms with van der Waals surface area (Å²) in [6, 6.07) is 0. The van der Waals surface area contributed by atoms with Crippen LogP contribution in [0.1, 0.15) is 96.8 Å². The summed E-state index contributed by atoms with van der Waals surface area (Å²) >= 11 is 0. The minimum atomic E-state index is -4.41. The fraction of sp³-hybridized carbons (Fsp3) is 0.917. The van der Waals surface area contributed by atoms with Crippen molar-refractivity contribution in [2.24, 2.45) is 0 Å². The molecule has 1 heterocycles. The molecule has 0 aromatic carbocycles. The zero-order chi connectivity index (χ0) is 23.3. The van der Waals surface area contributed by atoms with Gasteiger partial charge in [0, 0.05) is 0 Å². The highest BCUT2D eigenvalue weighted by atomic mass is 32.3. The highest BCUT2D eigenvalue weighted by Crippen LogP contribution is 2.13. The van der Waals surface area contributed by atoms with Crippen molar-refractivity contribution < 1.29 is 26.4 Å². The molecule has 0 N–H and O–H groups in total. The van der Waals surface area contributed by atoms with Crippen LogP contribution in [0.4, 0.5) is 0 Å². The number of allylic oxidation sites excluding steroid dienone is 2. The summed E-state index contributed by atoms with van der Waals surface area (Å²) in [6.07, 6.45) is 24.4. The number of hydrogen-bond donors (Lipinski definition) is 0. The first-order chi connectivity index (χ1) is 14.8. The predicted octanol–water partition coefficient (Wildman–Crippen LogP) is 5.59. The summed E-state index contributed by atoms with van der Waals surface area (Å²) in [5, 5.41) is 0. The third-order valence-corrected chi connectivity index (χ3v) is 6.37. The van der Waals surface area contributed by atoms with Crippen molar-refractivity contribution >= 4 is 10.4 Å². The average Bonchev–Trinajstić information content (AvgIpc) is 2.74. The van der Waals surface area contributed by atoms with Crippen LogP contribution in [0.3, 0.4) is 0 Å². The van der Waals surface area contributed by atoms with Crippen molar-refractivity contribution in [1.29, 1.82) is 0 Å². The minimum Gasteiger partial charge on any atom is -0.726 e. The summed E-state index contributed by atoms with van der Waals surface area (Å²) in [6.45, 7) is 7.99. The van der Waals surface area contributed by atoms with E-state index in [9.17, 15) is 13.0 Å². The Hall–Kier alpha value is -0.470. The summed E-state index contributed by atoms with van der Waals surface area (Å²) < 4.78 is 37.7. The number of quaternary nitrogens is 1. The third-order valence-electron chi connectivity index (χ3n) is 5.96. The molecule has 6 nitrogen and oxygen atoms in total. The molecule has 31 heavy (non-hydrogen) atoms. The molecule has 0 aromatic heterocycles. The van der Waals surface area contributed by atoms with E-state index in [0.717, 1.165) is 20.3 Å². The van der Waals surface area contributed by atoms with Gasteiger partial charge in [-0.15, -0.1) is 0 Å². The van der Waals surface area contributed by atoms with Crippen LogP contribution in [-0.4, -0.2) is 64.5 Å². The average molecular weight is 464 g/mol. The summed E-state index contributed by atoms with van der Waals surface area (Å²) in [5.74, 6) is 0. The van der Waals surface area contributed by atoms with E-state index in [4.69, 9.17) is 4.74 Å². The maximum absolute atomic E-state index is 9.22. The molecular weight excluding hydrogens is 414 g/mol. The Morgan fingerprint density at radius 1 is 0.839 bits per heavy atom. The van der Waals surface area contributed by atoms with Crippen molar-refractivity contribution in [1.82, 2.24) is 0 Å². The van der Waals surface area contributed by atoms with Gasteiger partial charge in [-0.25, -0.2) is 8.42 Å².